The maximum absolute atomic E-state index is 10.0. The second kappa shape index (κ2) is 3.07. The van der Waals surface area contributed by atoms with Crippen LogP contribution in [0.5, 0.6) is 0 Å². The van der Waals surface area contributed by atoms with Crippen molar-refractivity contribution in [3.8, 4) is 0 Å². The predicted octanol–water partition coefficient (Wildman–Crippen LogP) is -0.0863. The Labute approximate surface area is 83.9 Å². The van der Waals surface area contributed by atoms with Gasteiger partial charge in [-0.05, 0) is 19.4 Å². The van der Waals surface area contributed by atoms with Gasteiger partial charge in [-0.1, -0.05) is 0 Å². The fourth-order valence-corrected chi connectivity index (χ4v) is 1.94. The van der Waals surface area contributed by atoms with Gasteiger partial charge < -0.3 is 10.4 Å². The largest absolute Gasteiger partial charge is 0.387 e. The van der Waals surface area contributed by atoms with Gasteiger partial charge in [-0.25, -0.2) is 0 Å². The number of nitrogens with zero attached hydrogens (tertiary/aromatic N) is 2. The van der Waals surface area contributed by atoms with E-state index in [2.05, 4.69) is 10.4 Å². The van der Waals surface area contributed by atoms with E-state index >= 15 is 0 Å². The first kappa shape index (κ1) is 9.68. The summed E-state index contributed by atoms with van der Waals surface area (Å²) in [5, 5.41) is 17.5. The second-order valence-corrected chi connectivity index (χ2v) is 4.28. The molecule has 1 aliphatic rings. The Kier molecular flexibility index (Phi) is 2.12. The molecule has 0 aliphatic carbocycles. The third kappa shape index (κ3) is 1.44. The Morgan fingerprint density at radius 2 is 2.14 bits per heavy atom. The smallest absolute Gasteiger partial charge is 0.0936 e. The quantitative estimate of drug-likeness (QED) is 0.693. The highest BCUT2D eigenvalue weighted by Gasteiger charge is 2.35. The van der Waals surface area contributed by atoms with Crippen molar-refractivity contribution in [2.45, 2.75) is 25.9 Å². The van der Waals surface area contributed by atoms with Crippen LogP contribution in [-0.2, 0) is 13.5 Å². The van der Waals surface area contributed by atoms with Gasteiger partial charge in [0, 0.05) is 32.3 Å². The summed E-state index contributed by atoms with van der Waals surface area (Å²) in [7, 11) is 1.94. The van der Waals surface area contributed by atoms with E-state index < -0.39 is 5.60 Å². The highest BCUT2D eigenvalue weighted by atomic mass is 16.3. The van der Waals surface area contributed by atoms with Gasteiger partial charge in [0.05, 0.1) is 11.3 Å². The maximum Gasteiger partial charge on any atom is 0.0936 e. The van der Waals surface area contributed by atoms with Crippen molar-refractivity contribution >= 4 is 0 Å². The van der Waals surface area contributed by atoms with E-state index in [-0.39, 0.29) is 0 Å². The lowest BCUT2D eigenvalue weighted by Gasteiger charge is -2.37. The number of nitrogens with one attached hydrogen (secondary N) is 1. The molecule has 0 aromatic carbocycles. The minimum atomic E-state index is -0.543. The lowest BCUT2D eigenvalue weighted by molar-refractivity contribution is -0.00928. The van der Waals surface area contributed by atoms with Crippen LogP contribution >= 0.6 is 0 Å². The van der Waals surface area contributed by atoms with E-state index in [1.165, 1.54) is 5.56 Å². The molecule has 1 fully saturated rings. The topological polar surface area (TPSA) is 50.1 Å². The van der Waals surface area contributed by atoms with E-state index in [9.17, 15) is 5.11 Å². The number of aryl methyl sites for hydroxylation is 2. The zero-order valence-corrected chi connectivity index (χ0v) is 8.96. The molecule has 1 aromatic heterocycles. The zero-order chi connectivity index (χ0) is 10.3. The summed E-state index contributed by atoms with van der Waals surface area (Å²) in [6.45, 7) is 5.43. The van der Waals surface area contributed by atoms with E-state index in [0.29, 0.717) is 19.5 Å². The lowest BCUT2D eigenvalue weighted by Crippen LogP contribution is -2.60. The molecule has 1 saturated heterocycles. The van der Waals surface area contributed by atoms with Crippen molar-refractivity contribution in [2.24, 2.45) is 7.05 Å². The highest BCUT2D eigenvalue weighted by molar-refractivity contribution is 5.27. The fraction of sp³-hybridized carbons (Fsp3) is 0.700. The van der Waals surface area contributed by atoms with Crippen molar-refractivity contribution < 1.29 is 5.11 Å². The first-order valence-corrected chi connectivity index (χ1v) is 4.94. The number of β-amino-alcohol motifs (C(OH)–C–C–N with tert-alkyl or cyclic N) is 1. The minimum Gasteiger partial charge on any atom is -0.387 e. The molecular weight excluding hydrogens is 178 g/mol. The average molecular weight is 195 g/mol. The van der Waals surface area contributed by atoms with Gasteiger partial charge in [0.2, 0.25) is 0 Å². The highest BCUT2D eigenvalue weighted by Crippen LogP contribution is 2.22. The van der Waals surface area contributed by atoms with Gasteiger partial charge in [0.15, 0.2) is 0 Å². The van der Waals surface area contributed by atoms with E-state index in [1.807, 2.05) is 25.6 Å². The molecule has 2 rings (SSSR count). The summed E-state index contributed by atoms with van der Waals surface area (Å²) in [6.07, 6.45) is 0.714. The lowest BCUT2D eigenvalue weighted by atomic mass is 9.88. The van der Waals surface area contributed by atoms with Crippen molar-refractivity contribution in [3.63, 3.8) is 0 Å². The standard InChI is InChI=1S/C10H17N3O/c1-7-9(8(2)13(3)12-7)4-10(14)5-11-6-10/h11,14H,4-6H2,1-3H3. The summed E-state index contributed by atoms with van der Waals surface area (Å²) < 4.78 is 1.88. The van der Waals surface area contributed by atoms with Crippen LogP contribution in [0, 0.1) is 13.8 Å². The van der Waals surface area contributed by atoms with Crippen LogP contribution in [-0.4, -0.2) is 33.6 Å². The number of hydrogen-bond acceptors (Lipinski definition) is 3. The van der Waals surface area contributed by atoms with Crippen LogP contribution in [0.25, 0.3) is 0 Å². The third-order valence-corrected chi connectivity index (χ3v) is 3.07. The Morgan fingerprint density at radius 3 is 2.50 bits per heavy atom. The summed E-state index contributed by atoms with van der Waals surface area (Å²) >= 11 is 0. The van der Waals surface area contributed by atoms with Crippen LogP contribution in [0.1, 0.15) is 17.0 Å². The van der Waals surface area contributed by atoms with E-state index in [4.69, 9.17) is 0 Å². The number of rotatable bonds is 2. The normalized spacial score (nSPS) is 19.4. The van der Waals surface area contributed by atoms with Crippen LogP contribution in [0.4, 0.5) is 0 Å². The fourth-order valence-electron chi connectivity index (χ4n) is 1.94. The predicted molar refractivity (Wildman–Crippen MR) is 54.2 cm³/mol. The molecule has 1 aliphatic heterocycles. The molecule has 0 bridgehead atoms. The van der Waals surface area contributed by atoms with Crippen molar-refractivity contribution in [1.29, 1.82) is 0 Å². The molecule has 0 saturated carbocycles. The van der Waals surface area contributed by atoms with Crippen LogP contribution in [0.3, 0.4) is 0 Å². The third-order valence-electron chi connectivity index (χ3n) is 3.07. The minimum absolute atomic E-state index is 0.543. The molecule has 0 amide bonds. The van der Waals surface area contributed by atoms with Gasteiger partial charge in [0.25, 0.3) is 0 Å². The van der Waals surface area contributed by atoms with Gasteiger partial charge in [-0.15, -0.1) is 0 Å². The van der Waals surface area contributed by atoms with Crippen LogP contribution < -0.4 is 5.32 Å². The average Bonchev–Trinajstić information content (AvgIpc) is 2.29. The summed E-state index contributed by atoms with van der Waals surface area (Å²) in [6, 6.07) is 0. The SMILES string of the molecule is Cc1nn(C)c(C)c1CC1(O)CNC1. The number of aromatic nitrogens is 2. The molecule has 14 heavy (non-hydrogen) atoms. The van der Waals surface area contributed by atoms with Crippen molar-refractivity contribution in [3.05, 3.63) is 17.0 Å². The van der Waals surface area contributed by atoms with Gasteiger partial charge in [-0.2, -0.15) is 5.10 Å². The Hall–Kier alpha value is -0.870. The molecule has 78 valence electrons. The Bertz CT molecular complexity index is 352. The van der Waals surface area contributed by atoms with Gasteiger partial charge in [-0.3, -0.25) is 4.68 Å². The van der Waals surface area contributed by atoms with Crippen LogP contribution in [0.2, 0.25) is 0 Å². The Morgan fingerprint density at radius 1 is 1.50 bits per heavy atom. The van der Waals surface area contributed by atoms with E-state index in [1.54, 1.807) is 0 Å². The molecule has 0 unspecified atom stereocenters. The van der Waals surface area contributed by atoms with E-state index in [0.717, 1.165) is 11.4 Å². The molecule has 4 nitrogen and oxygen atoms in total. The molecule has 0 spiro atoms. The molecule has 4 heteroatoms. The first-order valence-electron chi connectivity index (χ1n) is 4.94. The molecule has 0 radical (unpaired) electrons. The summed E-state index contributed by atoms with van der Waals surface area (Å²) in [5.74, 6) is 0. The Balaban J connectivity index is 2.23. The zero-order valence-electron chi connectivity index (χ0n) is 8.96. The first-order chi connectivity index (χ1) is 6.52. The van der Waals surface area contributed by atoms with Gasteiger partial charge >= 0.3 is 0 Å². The summed E-state index contributed by atoms with van der Waals surface area (Å²) in [4.78, 5) is 0. The number of aliphatic hydroxyl groups is 1. The summed E-state index contributed by atoms with van der Waals surface area (Å²) in [5.41, 5.74) is 2.84. The molecule has 2 N–H and O–H groups in total. The molecule has 2 heterocycles. The second-order valence-electron chi connectivity index (χ2n) is 4.28. The molecule has 1 aromatic rings. The van der Waals surface area contributed by atoms with Crippen molar-refractivity contribution in [1.82, 2.24) is 15.1 Å². The maximum atomic E-state index is 10.0. The number of hydrogen-bond donors (Lipinski definition) is 2. The van der Waals surface area contributed by atoms with Crippen molar-refractivity contribution in [2.75, 3.05) is 13.1 Å². The monoisotopic (exact) mass is 195 g/mol. The van der Waals surface area contributed by atoms with Gasteiger partial charge in [0.1, 0.15) is 0 Å². The van der Waals surface area contributed by atoms with Crippen LogP contribution in [0.15, 0.2) is 0 Å². The molecule has 0 atom stereocenters. The molecular formula is C10H17N3O.